The van der Waals surface area contributed by atoms with Gasteiger partial charge in [-0.25, -0.2) is 9.50 Å². The number of phenolic OH excluding ortho intramolecular Hbond substituents is 1. The third-order valence-electron chi connectivity index (χ3n) is 2.58. The SMILES string of the molecule is Cc1ccc2nc(-c3cccc(O)c3)nn2c1. The summed E-state index contributed by atoms with van der Waals surface area (Å²) in [5.74, 6) is 0.837. The molecule has 3 aromatic rings. The maximum absolute atomic E-state index is 9.43. The van der Waals surface area contributed by atoms with Crippen LogP contribution in [0.15, 0.2) is 42.6 Å². The minimum absolute atomic E-state index is 0.220. The first kappa shape index (κ1) is 9.84. The van der Waals surface area contributed by atoms with Crippen LogP contribution < -0.4 is 0 Å². The van der Waals surface area contributed by atoms with Crippen LogP contribution in [0.3, 0.4) is 0 Å². The lowest BCUT2D eigenvalue weighted by molar-refractivity contribution is 0.475. The molecule has 0 spiro atoms. The molecule has 0 saturated heterocycles. The van der Waals surface area contributed by atoms with Gasteiger partial charge in [0.15, 0.2) is 11.5 Å². The molecular weight excluding hydrogens is 214 g/mol. The number of hydrogen-bond acceptors (Lipinski definition) is 3. The van der Waals surface area contributed by atoms with Gasteiger partial charge in [-0.1, -0.05) is 18.2 Å². The minimum atomic E-state index is 0.220. The molecule has 0 aliphatic heterocycles. The number of aromatic hydroxyl groups is 1. The second-order valence-electron chi connectivity index (χ2n) is 3.99. The molecule has 0 amide bonds. The van der Waals surface area contributed by atoms with Crippen molar-refractivity contribution in [3.63, 3.8) is 0 Å². The summed E-state index contributed by atoms with van der Waals surface area (Å²) in [4.78, 5) is 4.41. The number of phenols is 1. The van der Waals surface area contributed by atoms with E-state index < -0.39 is 0 Å². The van der Waals surface area contributed by atoms with Crippen molar-refractivity contribution in [2.75, 3.05) is 0 Å². The highest BCUT2D eigenvalue weighted by atomic mass is 16.3. The first-order valence-electron chi connectivity index (χ1n) is 5.35. The fraction of sp³-hybridized carbons (Fsp3) is 0.0769. The molecule has 0 bridgehead atoms. The van der Waals surface area contributed by atoms with Gasteiger partial charge in [-0.05, 0) is 30.7 Å². The van der Waals surface area contributed by atoms with E-state index in [0.29, 0.717) is 5.82 Å². The van der Waals surface area contributed by atoms with Crippen molar-refractivity contribution in [1.82, 2.24) is 14.6 Å². The van der Waals surface area contributed by atoms with Crippen molar-refractivity contribution in [2.45, 2.75) is 6.92 Å². The first-order valence-corrected chi connectivity index (χ1v) is 5.35. The summed E-state index contributed by atoms with van der Waals surface area (Å²) in [5.41, 5.74) is 2.74. The van der Waals surface area contributed by atoms with E-state index in [9.17, 15) is 5.11 Å². The third kappa shape index (κ3) is 1.73. The molecule has 3 rings (SSSR count). The molecule has 0 aliphatic carbocycles. The lowest BCUT2D eigenvalue weighted by Gasteiger charge is -1.95. The molecule has 0 unspecified atom stereocenters. The zero-order chi connectivity index (χ0) is 11.8. The average molecular weight is 225 g/mol. The lowest BCUT2D eigenvalue weighted by Crippen LogP contribution is -1.87. The van der Waals surface area contributed by atoms with Crippen molar-refractivity contribution in [2.24, 2.45) is 0 Å². The van der Waals surface area contributed by atoms with Crippen molar-refractivity contribution in [3.8, 4) is 17.1 Å². The van der Waals surface area contributed by atoms with E-state index in [1.54, 1.807) is 22.7 Å². The molecular formula is C13H11N3O. The van der Waals surface area contributed by atoms with Gasteiger partial charge in [0.2, 0.25) is 0 Å². The molecule has 4 heteroatoms. The molecule has 0 saturated carbocycles. The number of nitrogens with zero attached hydrogens (tertiary/aromatic N) is 3. The van der Waals surface area contributed by atoms with Crippen LogP contribution in [0.5, 0.6) is 5.75 Å². The number of rotatable bonds is 1. The Morgan fingerprint density at radius 2 is 2.06 bits per heavy atom. The number of aryl methyl sites for hydroxylation is 1. The minimum Gasteiger partial charge on any atom is -0.508 e. The Hall–Kier alpha value is -2.36. The second kappa shape index (κ2) is 3.59. The second-order valence-corrected chi connectivity index (χ2v) is 3.99. The van der Waals surface area contributed by atoms with Crippen molar-refractivity contribution in [1.29, 1.82) is 0 Å². The van der Waals surface area contributed by atoms with Crippen LogP contribution in [0.2, 0.25) is 0 Å². The molecule has 0 aliphatic rings. The topological polar surface area (TPSA) is 50.4 Å². The van der Waals surface area contributed by atoms with Crippen LogP contribution in [0.1, 0.15) is 5.56 Å². The van der Waals surface area contributed by atoms with E-state index >= 15 is 0 Å². The van der Waals surface area contributed by atoms with Gasteiger partial charge in [-0.15, -0.1) is 5.10 Å². The van der Waals surface area contributed by atoms with Crippen molar-refractivity contribution < 1.29 is 5.11 Å². The van der Waals surface area contributed by atoms with Crippen LogP contribution in [-0.2, 0) is 0 Å². The number of fused-ring (bicyclic) bond motifs is 1. The van der Waals surface area contributed by atoms with E-state index in [1.807, 2.05) is 31.3 Å². The van der Waals surface area contributed by atoms with E-state index in [-0.39, 0.29) is 5.75 Å². The average Bonchev–Trinajstić information content (AvgIpc) is 2.72. The third-order valence-corrected chi connectivity index (χ3v) is 2.58. The standard InChI is InChI=1S/C13H11N3O/c1-9-5-6-12-14-13(15-16(12)8-9)10-3-2-4-11(17)7-10/h2-8,17H,1H3. The molecule has 0 radical (unpaired) electrons. The Morgan fingerprint density at radius 1 is 1.18 bits per heavy atom. The number of benzene rings is 1. The highest BCUT2D eigenvalue weighted by Crippen LogP contribution is 2.20. The van der Waals surface area contributed by atoms with Gasteiger partial charge in [0, 0.05) is 11.8 Å². The smallest absolute Gasteiger partial charge is 0.182 e. The van der Waals surface area contributed by atoms with E-state index in [2.05, 4.69) is 10.1 Å². The Morgan fingerprint density at radius 3 is 2.88 bits per heavy atom. The molecule has 1 N–H and O–H groups in total. The zero-order valence-electron chi connectivity index (χ0n) is 9.33. The van der Waals surface area contributed by atoms with Crippen molar-refractivity contribution in [3.05, 3.63) is 48.2 Å². The maximum Gasteiger partial charge on any atom is 0.182 e. The summed E-state index contributed by atoms with van der Waals surface area (Å²) >= 11 is 0. The summed E-state index contributed by atoms with van der Waals surface area (Å²) in [7, 11) is 0. The van der Waals surface area contributed by atoms with Crippen LogP contribution in [0.25, 0.3) is 17.0 Å². The molecule has 0 atom stereocenters. The number of aromatic nitrogens is 3. The van der Waals surface area contributed by atoms with Crippen LogP contribution in [-0.4, -0.2) is 19.7 Å². The Labute approximate surface area is 98.2 Å². The Balaban J connectivity index is 2.18. The zero-order valence-corrected chi connectivity index (χ0v) is 9.33. The predicted octanol–water partition coefficient (Wildman–Crippen LogP) is 2.41. The molecule has 2 aromatic heterocycles. The molecule has 0 fully saturated rings. The van der Waals surface area contributed by atoms with Gasteiger partial charge in [-0.2, -0.15) is 0 Å². The lowest BCUT2D eigenvalue weighted by atomic mass is 10.2. The monoisotopic (exact) mass is 225 g/mol. The largest absolute Gasteiger partial charge is 0.508 e. The molecule has 17 heavy (non-hydrogen) atoms. The summed E-state index contributed by atoms with van der Waals surface area (Å²) in [5, 5.41) is 13.8. The fourth-order valence-electron chi connectivity index (χ4n) is 1.75. The van der Waals surface area contributed by atoms with Gasteiger partial charge in [-0.3, -0.25) is 0 Å². The highest BCUT2D eigenvalue weighted by Gasteiger charge is 2.06. The Bertz CT molecular complexity index is 688. The van der Waals surface area contributed by atoms with Crippen LogP contribution >= 0.6 is 0 Å². The van der Waals surface area contributed by atoms with Gasteiger partial charge < -0.3 is 5.11 Å². The van der Waals surface area contributed by atoms with E-state index in [1.165, 1.54) is 0 Å². The summed E-state index contributed by atoms with van der Waals surface area (Å²) in [6, 6.07) is 10.9. The predicted molar refractivity (Wildman–Crippen MR) is 64.8 cm³/mol. The van der Waals surface area contributed by atoms with E-state index in [4.69, 9.17) is 0 Å². The number of pyridine rings is 1. The van der Waals surface area contributed by atoms with Gasteiger partial charge in [0.05, 0.1) is 0 Å². The fourth-order valence-corrected chi connectivity index (χ4v) is 1.75. The van der Waals surface area contributed by atoms with Gasteiger partial charge in [0.1, 0.15) is 5.75 Å². The summed E-state index contributed by atoms with van der Waals surface area (Å²) < 4.78 is 1.74. The summed E-state index contributed by atoms with van der Waals surface area (Å²) in [6.07, 6.45) is 1.93. The Kier molecular flexibility index (Phi) is 2.08. The summed E-state index contributed by atoms with van der Waals surface area (Å²) in [6.45, 7) is 2.01. The van der Waals surface area contributed by atoms with Crippen LogP contribution in [0, 0.1) is 6.92 Å². The number of hydrogen-bond donors (Lipinski definition) is 1. The first-order chi connectivity index (χ1) is 8.22. The quantitative estimate of drug-likeness (QED) is 0.691. The van der Waals surface area contributed by atoms with Gasteiger partial charge >= 0.3 is 0 Å². The maximum atomic E-state index is 9.43. The molecule has 4 nitrogen and oxygen atoms in total. The normalized spacial score (nSPS) is 10.9. The molecule has 2 heterocycles. The highest BCUT2D eigenvalue weighted by molar-refractivity contribution is 5.59. The van der Waals surface area contributed by atoms with Crippen molar-refractivity contribution >= 4 is 5.65 Å². The molecule has 84 valence electrons. The molecule has 1 aromatic carbocycles. The van der Waals surface area contributed by atoms with Crippen LogP contribution in [0.4, 0.5) is 0 Å². The van der Waals surface area contributed by atoms with E-state index in [0.717, 1.165) is 16.8 Å². The van der Waals surface area contributed by atoms with Gasteiger partial charge in [0.25, 0.3) is 0 Å².